The minimum Gasteiger partial charge on any atom is -0.438 e. The first-order valence-corrected chi connectivity index (χ1v) is 17.9. The molecular formula is C49H29N3O. The summed E-state index contributed by atoms with van der Waals surface area (Å²) in [5.41, 5.74) is 8.03. The molecule has 0 aliphatic rings. The molecule has 4 nitrogen and oxygen atoms in total. The molecule has 11 aromatic rings. The molecule has 11 rings (SSSR count). The molecule has 0 bridgehead atoms. The number of pyridine rings is 1. The summed E-state index contributed by atoms with van der Waals surface area (Å²) in [4.78, 5) is 15.5. The smallest absolute Gasteiger partial charge is 0.228 e. The number of furan rings is 1. The molecule has 3 aromatic heterocycles. The Morgan fingerprint density at radius 1 is 0.321 bits per heavy atom. The molecule has 0 radical (unpaired) electrons. The van der Waals surface area contributed by atoms with Crippen molar-refractivity contribution in [2.24, 2.45) is 0 Å². The van der Waals surface area contributed by atoms with Gasteiger partial charge in [-0.1, -0.05) is 152 Å². The van der Waals surface area contributed by atoms with Crippen molar-refractivity contribution in [1.82, 2.24) is 15.0 Å². The van der Waals surface area contributed by atoms with E-state index in [1.165, 1.54) is 32.3 Å². The fourth-order valence-electron chi connectivity index (χ4n) is 8.01. The highest BCUT2D eigenvalue weighted by molar-refractivity contribution is 6.26. The predicted octanol–water partition coefficient (Wildman–Crippen LogP) is 13.1. The van der Waals surface area contributed by atoms with Gasteiger partial charge in [0.25, 0.3) is 0 Å². The lowest BCUT2D eigenvalue weighted by Crippen LogP contribution is -1.96. The van der Waals surface area contributed by atoms with E-state index < -0.39 is 0 Å². The Balaban J connectivity index is 1.11. The van der Waals surface area contributed by atoms with Gasteiger partial charge < -0.3 is 4.42 Å². The molecule has 0 amide bonds. The minimum atomic E-state index is 0.637. The van der Waals surface area contributed by atoms with Gasteiger partial charge in [-0.25, -0.2) is 15.0 Å². The van der Waals surface area contributed by atoms with Crippen molar-refractivity contribution in [3.05, 3.63) is 176 Å². The standard InChI is InChI=1S/C49H29N3O/c1-2-13-30(14-3-1)48-50-43(29-44(51-48)32-25-26-38-36-19-5-4-17-34(36)35-18-6-7-20-37(35)42(38)28-32)31-15-12-16-33(27-31)47-40-22-9-8-21-39(40)46-41-23-10-11-24-45(41)53-49(46)52-47/h1-29H. The van der Waals surface area contributed by atoms with Crippen molar-refractivity contribution in [2.75, 3.05) is 0 Å². The van der Waals surface area contributed by atoms with Crippen LogP contribution < -0.4 is 0 Å². The molecule has 0 N–H and O–H groups in total. The summed E-state index contributed by atoms with van der Waals surface area (Å²) in [5.74, 6) is 0.680. The number of hydrogen-bond acceptors (Lipinski definition) is 4. The molecule has 0 atom stereocenters. The molecule has 246 valence electrons. The highest BCUT2D eigenvalue weighted by atomic mass is 16.3. The fraction of sp³-hybridized carbons (Fsp3) is 0. The van der Waals surface area contributed by atoms with Crippen molar-refractivity contribution in [3.63, 3.8) is 0 Å². The predicted molar refractivity (Wildman–Crippen MR) is 219 cm³/mol. The van der Waals surface area contributed by atoms with Crippen molar-refractivity contribution < 1.29 is 4.42 Å². The van der Waals surface area contributed by atoms with E-state index >= 15 is 0 Å². The van der Waals surface area contributed by atoms with Gasteiger partial charge in [-0.15, -0.1) is 0 Å². The second-order valence-corrected chi connectivity index (χ2v) is 13.5. The van der Waals surface area contributed by atoms with E-state index in [1.54, 1.807) is 0 Å². The molecule has 4 heteroatoms. The number of aromatic nitrogens is 3. The highest BCUT2D eigenvalue weighted by Gasteiger charge is 2.18. The van der Waals surface area contributed by atoms with Gasteiger partial charge in [-0.2, -0.15) is 0 Å². The zero-order valence-corrected chi connectivity index (χ0v) is 28.5. The van der Waals surface area contributed by atoms with Crippen LogP contribution in [0.1, 0.15) is 0 Å². The van der Waals surface area contributed by atoms with Gasteiger partial charge in [0, 0.05) is 33.0 Å². The van der Waals surface area contributed by atoms with E-state index in [0.717, 1.165) is 66.5 Å². The van der Waals surface area contributed by atoms with Gasteiger partial charge in [0.05, 0.1) is 22.5 Å². The molecule has 0 spiro atoms. The zero-order chi connectivity index (χ0) is 34.9. The van der Waals surface area contributed by atoms with Crippen LogP contribution in [0.5, 0.6) is 0 Å². The first kappa shape index (κ1) is 29.5. The largest absolute Gasteiger partial charge is 0.438 e. The lowest BCUT2D eigenvalue weighted by Gasteiger charge is -2.13. The molecule has 3 heterocycles. The van der Waals surface area contributed by atoms with Crippen molar-refractivity contribution in [1.29, 1.82) is 0 Å². The van der Waals surface area contributed by atoms with Gasteiger partial charge in [-0.3, -0.25) is 0 Å². The van der Waals surface area contributed by atoms with Crippen LogP contribution in [0.4, 0.5) is 0 Å². The average molecular weight is 676 g/mol. The number of nitrogens with zero attached hydrogens (tertiary/aromatic N) is 3. The van der Waals surface area contributed by atoms with E-state index in [1.807, 2.05) is 36.4 Å². The molecule has 0 saturated carbocycles. The molecule has 53 heavy (non-hydrogen) atoms. The number of rotatable bonds is 4. The second-order valence-electron chi connectivity index (χ2n) is 13.5. The summed E-state index contributed by atoms with van der Waals surface area (Å²) in [5, 5.41) is 11.7. The Kier molecular flexibility index (Phi) is 6.52. The Labute approximate surface area is 304 Å². The topological polar surface area (TPSA) is 51.8 Å². The number of benzene rings is 8. The van der Waals surface area contributed by atoms with Gasteiger partial charge >= 0.3 is 0 Å². The zero-order valence-electron chi connectivity index (χ0n) is 28.5. The van der Waals surface area contributed by atoms with Crippen molar-refractivity contribution in [2.45, 2.75) is 0 Å². The average Bonchev–Trinajstić information content (AvgIpc) is 3.62. The highest BCUT2D eigenvalue weighted by Crippen LogP contribution is 2.40. The number of fused-ring (bicyclic) bond motifs is 11. The van der Waals surface area contributed by atoms with Crippen LogP contribution in [-0.4, -0.2) is 15.0 Å². The SMILES string of the molecule is c1ccc(-c2nc(-c3cccc(-c4nc5oc6ccccc6c5c5ccccc45)c3)cc(-c3ccc4c5ccccc5c5ccccc5c4c3)n2)cc1. The van der Waals surface area contributed by atoms with Crippen LogP contribution in [0.3, 0.4) is 0 Å². The molecular weight excluding hydrogens is 647 g/mol. The maximum atomic E-state index is 6.32. The molecule has 0 aliphatic carbocycles. The first-order chi connectivity index (χ1) is 26.3. The van der Waals surface area contributed by atoms with Crippen LogP contribution >= 0.6 is 0 Å². The summed E-state index contributed by atoms with van der Waals surface area (Å²) in [7, 11) is 0. The third-order valence-electron chi connectivity index (χ3n) is 10.5. The van der Waals surface area contributed by atoms with Gasteiger partial charge in [0.1, 0.15) is 5.58 Å². The van der Waals surface area contributed by atoms with E-state index in [0.29, 0.717) is 11.5 Å². The van der Waals surface area contributed by atoms with E-state index in [2.05, 4.69) is 140 Å². The Hall–Kier alpha value is -7.17. The fourth-order valence-corrected chi connectivity index (χ4v) is 8.01. The van der Waals surface area contributed by atoms with Gasteiger partial charge in [0.2, 0.25) is 5.71 Å². The van der Waals surface area contributed by atoms with Crippen LogP contribution in [0.2, 0.25) is 0 Å². The van der Waals surface area contributed by atoms with Crippen molar-refractivity contribution >= 4 is 65.2 Å². The maximum Gasteiger partial charge on any atom is 0.228 e. The van der Waals surface area contributed by atoms with Crippen LogP contribution in [-0.2, 0) is 0 Å². The normalized spacial score (nSPS) is 11.8. The van der Waals surface area contributed by atoms with E-state index in [-0.39, 0.29) is 0 Å². The molecule has 8 aromatic carbocycles. The maximum absolute atomic E-state index is 6.32. The van der Waals surface area contributed by atoms with Crippen LogP contribution in [0.15, 0.2) is 180 Å². The molecule has 0 fully saturated rings. The molecule has 0 unspecified atom stereocenters. The monoisotopic (exact) mass is 675 g/mol. The summed E-state index contributed by atoms with van der Waals surface area (Å²) >= 11 is 0. The minimum absolute atomic E-state index is 0.637. The van der Waals surface area contributed by atoms with Gasteiger partial charge in [-0.05, 0) is 62.0 Å². The second kappa shape index (κ2) is 11.7. The number of para-hydroxylation sites is 1. The van der Waals surface area contributed by atoms with E-state index in [9.17, 15) is 0 Å². The summed E-state index contributed by atoms with van der Waals surface area (Å²) in [6, 6.07) is 61.5. The number of hydrogen-bond donors (Lipinski definition) is 0. The Bertz CT molecular complexity index is 3200. The van der Waals surface area contributed by atoms with Gasteiger partial charge in [0.15, 0.2) is 5.82 Å². The summed E-state index contributed by atoms with van der Waals surface area (Å²) < 4.78 is 6.32. The van der Waals surface area contributed by atoms with E-state index in [4.69, 9.17) is 19.4 Å². The quantitative estimate of drug-likeness (QED) is 0.174. The third-order valence-corrected chi connectivity index (χ3v) is 10.5. The molecule has 0 saturated heterocycles. The summed E-state index contributed by atoms with van der Waals surface area (Å²) in [6.45, 7) is 0. The lowest BCUT2D eigenvalue weighted by molar-refractivity contribution is 0.655. The van der Waals surface area contributed by atoms with Crippen molar-refractivity contribution in [3.8, 4) is 45.2 Å². The molecule has 0 aliphatic heterocycles. The first-order valence-electron chi connectivity index (χ1n) is 17.9. The van der Waals surface area contributed by atoms with Crippen LogP contribution in [0, 0.1) is 0 Å². The lowest BCUT2D eigenvalue weighted by atomic mass is 9.92. The summed E-state index contributed by atoms with van der Waals surface area (Å²) in [6.07, 6.45) is 0. The third kappa shape index (κ3) is 4.73. The Morgan fingerprint density at radius 3 is 1.57 bits per heavy atom. The Morgan fingerprint density at radius 2 is 0.849 bits per heavy atom. The van der Waals surface area contributed by atoms with Crippen LogP contribution in [0.25, 0.3) is 110 Å².